The van der Waals surface area contributed by atoms with Crippen LogP contribution < -0.4 is 10.1 Å². The number of amides is 1. The summed E-state index contributed by atoms with van der Waals surface area (Å²) in [7, 11) is -4.34. The Balaban J connectivity index is 2.02. The van der Waals surface area contributed by atoms with Crippen molar-refractivity contribution in [3.8, 4) is 17.2 Å². The SMILES string of the molecule is O=C(NC1CCOC1)c1cc(OC(F)(F)F)cc(CS(=O)(=O)c2cc(Br)ccc2O)c1O. The minimum Gasteiger partial charge on any atom is -0.507 e. The van der Waals surface area contributed by atoms with Crippen LogP contribution in [0.3, 0.4) is 0 Å². The van der Waals surface area contributed by atoms with E-state index in [9.17, 15) is 36.6 Å². The van der Waals surface area contributed by atoms with E-state index in [1.165, 1.54) is 6.07 Å². The number of ether oxygens (including phenoxy) is 2. The van der Waals surface area contributed by atoms with Gasteiger partial charge >= 0.3 is 6.36 Å². The first-order valence-electron chi connectivity index (χ1n) is 9.07. The summed E-state index contributed by atoms with van der Waals surface area (Å²) in [6.07, 6.45) is -4.66. The molecule has 1 fully saturated rings. The van der Waals surface area contributed by atoms with E-state index in [1.807, 2.05) is 0 Å². The van der Waals surface area contributed by atoms with Gasteiger partial charge in [0.2, 0.25) is 0 Å². The summed E-state index contributed by atoms with van der Waals surface area (Å²) in [4.78, 5) is 12.1. The van der Waals surface area contributed by atoms with Gasteiger partial charge in [0.15, 0.2) is 9.84 Å². The van der Waals surface area contributed by atoms with Crippen molar-refractivity contribution in [2.45, 2.75) is 29.5 Å². The van der Waals surface area contributed by atoms with Gasteiger partial charge < -0.3 is 25.0 Å². The Morgan fingerprint density at radius 2 is 1.97 bits per heavy atom. The summed E-state index contributed by atoms with van der Waals surface area (Å²) in [5.74, 6) is -4.23. The number of phenolic OH excluding ortho intramolecular Hbond substituents is 2. The molecule has 0 spiro atoms. The molecule has 0 radical (unpaired) electrons. The molecule has 3 N–H and O–H groups in total. The van der Waals surface area contributed by atoms with E-state index in [2.05, 4.69) is 26.0 Å². The highest BCUT2D eigenvalue weighted by Crippen LogP contribution is 2.36. The normalized spacial score (nSPS) is 16.7. The second-order valence-corrected chi connectivity index (χ2v) is 9.81. The molecule has 1 atom stereocenters. The van der Waals surface area contributed by atoms with Gasteiger partial charge in [-0.05, 0) is 36.8 Å². The van der Waals surface area contributed by atoms with E-state index in [4.69, 9.17) is 4.74 Å². The number of hydrogen-bond donors (Lipinski definition) is 3. The predicted molar refractivity (Wildman–Crippen MR) is 108 cm³/mol. The third kappa shape index (κ3) is 5.84. The topological polar surface area (TPSA) is 122 Å². The largest absolute Gasteiger partial charge is 0.573 e. The van der Waals surface area contributed by atoms with E-state index in [1.54, 1.807) is 0 Å². The van der Waals surface area contributed by atoms with Crippen molar-refractivity contribution < 1.29 is 46.1 Å². The van der Waals surface area contributed by atoms with Gasteiger partial charge in [0.1, 0.15) is 22.1 Å². The van der Waals surface area contributed by atoms with Crippen molar-refractivity contribution in [1.29, 1.82) is 0 Å². The average molecular weight is 540 g/mol. The molecule has 174 valence electrons. The zero-order valence-corrected chi connectivity index (χ0v) is 18.6. The van der Waals surface area contributed by atoms with Crippen LogP contribution in [0.1, 0.15) is 22.3 Å². The number of carbonyl (C=O) groups is 1. The van der Waals surface area contributed by atoms with Crippen molar-refractivity contribution >= 4 is 31.7 Å². The van der Waals surface area contributed by atoms with Gasteiger partial charge in [-0.1, -0.05) is 15.9 Å². The molecule has 1 saturated heterocycles. The zero-order chi connectivity index (χ0) is 23.7. The molecule has 3 rings (SSSR count). The molecule has 1 amide bonds. The maximum absolute atomic E-state index is 12.8. The molecule has 2 aromatic rings. The highest BCUT2D eigenvalue weighted by molar-refractivity contribution is 9.10. The molecular weight excluding hydrogens is 523 g/mol. The smallest absolute Gasteiger partial charge is 0.507 e. The Hall–Kier alpha value is -2.51. The minimum atomic E-state index is -5.12. The van der Waals surface area contributed by atoms with Crippen molar-refractivity contribution in [3.63, 3.8) is 0 Å². The molecule has 1 heterocycles. The highest BCUT2D eigenvalue weighted by atomic mass is 79.9. The van der Waals surface area contributed by atoms with Gasteiger partial charge in [-0.2, -0.15) is 0 Å². The van der Waals surface area contributed by atoms with Crippen LogP contribution in [0.4, 0.5) is 13.2 Å². The average Bonchev–Trinajstić information content (AvgIpc) is 3.17. The Bertz CT molecular complexity index is 1130. The molecule has 0 bridgehead atoms. The lowest BCUT2D eigenvalue weighted by Crippen LogP contribution is -2.35. The maximum atomic E-state index is 12.8. The molecule has 2 aromatic carbocycles. The van der Waals surface area contributed by atoms with Crippen LogP contribution in [0.2, 0.25) is 0 Å². The number of rotatable bonds is 6. The molecule has 1 aliphatic heterocycles. The van der Waals surface area contributed by atoms with Crippen LogP contribution in [-0.2, 0) is 20.3 Å². The summed E-state index contributed by atoms with van der Waals surface area (Å²) >= 11 is 3.07. The van der Waals surface area contributed by atoms with Crippen LogP contribution in [-0.4, -0.2) is 50.2 Å². The fourth-order valence-corrected chi connectivity index (χ4v) is 5.06. The minimum absolute atomic E-state index is 0.189. The van der Waals surface area contributed by atoms with Crippen LogP contribution in [0, 0.1) is 0 Å². The van der Waals surface area contributed by atoms with Gasteiger partial charge in [0, 0.05) is 16.6 Å². The highest BCUT2D eigenvalue weighted by Gasteiger charge is 2.33. The van der Waals surface area contributed by atoms with E-state index >= 15 is 0 Å². The summed E-state index contributed by atoms with van der Waals surface area (Å²) < 4.78 is 73.2. The number of carbonyl (C=O) groups excluding carboxylic acids is 1. The van der Waals surface area contributed by atoms with Crippen molar-refractivity contribution in [2.75, 3.05) is 13.2 Å². The van der Waals surface area contributed by atoms with Gasteiger partial charge in [-0.15, -0.1) is 13.2 Å². The summed E-state index contributed by atoms with van der Waals surface area (Å²) in [6.45, 7) is 0.572. The lowest BCUT2D eigenvalue weighted by molar-refractivity contribution is -0.274. The molecule has 1 unspecified atom stereocenters. The number of alkyl halides is 3. The van der Waals surface area contributed by atoms with E-state index in [0.717, 1.165) is 12.1 Å². The second kappa shape index (κ2) is 9.16. The van der Waals surface area contributed by atoms with E-state index in [-0.39, 0.29) is 6.61 Å². The number of aromatic hydroxyl groups is 2. The van der Waals surface area contributed by atoms with Gasteiger partial charge in [0.25, 0.3) is 5.91 Å². The first kappa shape index (κ1) is 24.1. The Morgan fingerprint density at radius 3 is 2.59 bits per heavy atom. The quantitative estimate of drug-likeness (QED) is 0.515. The van der Waals surface area contributed by atoms with Crippen molar-refractivity contribution in [1.82, 2.24) is 5.32 Å². The molecule has 8 nitrogen and oxygen atoms in total. The van der Waals surface area contributed by atoms with Crippen molar-refractivity contribution in [2.24, 2.45) is 0 Å². The third-order valence-corrected chi connectivity index (χ3v) is 6.69. The summed E-state index contributed by atoms with van der Waals surface area (Å²) in [6, 6.07) is 4.53. The maximum Gasteiger partial charge on any atom is 0.573 e. The predicted octanol–water partition coefficient (Wildman–Crippen LogP) is 3.25. The van der Waals surface area contributed by atoms with Crippen LogP contribution >= 0.6 is 15.9 Å². The van der Waals surface area contributed by atoms with E-state index < -0.39 is 67.2 Å². The Kier molecular flexibility index (Phi) is 6.91. The summed E-state index contributed by atoms with van der Waals surface area (Å²) in [5, 5.41) is 22.9. The molecule has 13 heteroatoms. The molecule has 32 heavy (non-hydrogen) atoms. The fraction of sp³-hybridized carbons (Fsp3) is 0.316. The van der Waals surface area contributed by atoms with Gasteiger partial charge in [-0.25, -0.2) is 8.42 Å². The summed E-state index contributed by atoms with van der Waals surface area (Å²) in [5.41, 5.74) is -1.11. The van der Waals surface area contributed by atoms with Gasteiger partial charge in [-0.3, -0.25) is 4.79 Å². The molecule has 0 saturated carbocycles. The standard InChI is InChI=1S/C19H17BrF3NO7S/c20-11-1-2-15(25)16(6-11)32(28,29)9-10-5-13(31-19(21,22)23)7-14(17(10)26)18(27)24-12-3-4-30-8-12/h1-2,5-7,12,25-26H,3-4,8-9H2,(H,24,27). The molecule has 1 aliphatic rings. The van der Waals surface area contributed by atoms with Crippen LogP contribution in [0.15, 0.2) is 39.7 Å². The zero-order valence-electron chi connectivity index (χ0n) is 16.1. The van der Waals surface area contributed by atoms with Gasteiger partial charge in [0.05, 0.1) is 24.0 Å². The fourth-order valence-electron chi connectivity index (χ4n) is 3.07. The Morgan fingerprint density at radius 1 is 1.25 bits per heavy atom. The Labute approximate surface area is 189 Å². The van der Waals surface area contributed by atoms with E-state index in [0.29, 0.717) is 29.6 Å². The lowest BCUT2D eigenvalue weighted by Gasteiger charge is -2.17. The number of nitrogens with one attached hydrogen (secondary N) is 1. The number of sulfone groups is 1. The van der Waals surface area contributed by atoms with Crippen molar-refractivity contribution in [3.05, 3.63) is 45.9 Å². The monoisotopic (exact) mass is 539 g/mol. The third-order valence-electron chi connectivity index (χ3n) is 4.51. The lowest BCUT2D eigenvalue weighted by atomic mass is 10.1. The molecule has 0 aromatic heterocycles. The molecule has 0 aliphatic carbocycles. The number of phenols is 2. The molecular formula is C19H17BrF3NO7S. The second-order valence-electron chi connectivity index (χ2n) is 6.93. The van der Waals surface area contributed by atoms with Crippen LogP contribution in [0.5, 0.6) is 17.2 Å². The van der Waals surface area contributed by atoms with Crippen LogP contribution in [0.25, 0.3) is 0 Å². The first-order valence-corrected chi connectivity index (χ1v) is 11.5. The number of hydrogen-bond acceptors (Lipinski definition) is 7. The first-order chi connectivity index (χ1) is 14.9. The number of benzene rings is 2. The number of halogens is 4.